The molecular weight excluding hydrogens is 365 g/mol. The number of aliphatic hydroxyl groups is 1. The first-order chi connectivity index (χ1) is 9.65. The highest BCUT2D eigenvalue weighted by atomic mass is 35.5. The molecule has 11 heteroatoms. The summed E-state index contributed by atoms with van der Waals surface area (Å²) in [7, 11) is -8.29. The molecule has 21 heavy (non-hydrogen) atoms. The number of halogens is 2. The summed E-state index contributed by atoms with van der Waals surface area (Å²) in [5.41, 5.74) is 0. The van der Waals surface area contributed by atoms with Crippen LogP contribution in [0.2, 0.25) is 0 Å². The molecule has 0 radical (unpaired) electrons. The molecule has 0 aromatic rings. The Morgan fingerprint density at radius 1 is 0.905 bits per heavy atom. The number of hydrogen-bond donors (Lipinski definition) is 1. The van der Waals surface area contributed by atoms with Crippen LogP contribution in [-0.4, -0.2) is 41.5 Å². The van der Waals surface area contributed by atoms with Crippen LogP contribution >= 0.6 is 38.4 Å². The SMILES string of the molecule is CCOP(=O)(OCC)C(O)C(Cl)(Cl)P(=O)(OCC)OCC. The molecule has 0 spiro atoms. The molecule has 7 nitrogen and oxygen atoms in total. The predicted octanol–water partition coefficient (Wildman–Crippen LogP) is 3.97. The van der Waals surface area contributed by atoms with Gasteiger partial charge in [0.15, 0.2) is 0 Å². The first-order valence-corrected chi connectivity index (χ1v) is 10.4. The first-order valence-electron chi connectivity index (χ1n) is 6.49. The summed E-state index contributed by atoms with van der Waals surface area (Å²) in [4.78, 5) is 0. The van der Waals surface area contributed by atoms with Crippen molar-refractivity contribution in [3.63, 3.8) is 0 Å². The summed E-state index contributed by atoms with van der Waals surface area (Å²) >= 11 is 12.0. The number of hydrogen-bond acceptors (Lipinski definition) is 7. The van der Waals surface area contributed by atoms with Crippen molar-refractivity contribution in [1.29, 1.82) is 0 Å². The third-order valence-corrected chi connectivity index (χ3v) is 8.75. The van der Waals surface area contributed by atoms with E-state index in [4.69, 9.17) is 41.3 Å². The molecule has 0 aromatic heterocycles. The van der Waals surface area contributed by atoms with Crippen molar-refractivity contribution in [3.8, 4) is 0 Å². The highest BCUT2D eigenvalue weighted by Crippen LogP contribution is 2.72. The molecule has 1 N–H and O–H groups in total. The Bertz CT molecular complexity index is 385. The number of aliphatic hydroxyl groups excluding tert-OH is 1. The van der Waals surface area contributed by atoms with E-state index in [2.05, 4.69) is 0 Å². The van der Waals surface area contributed by atoms with Gasteiger partial charge in [0.05, 0.1) is 26.4 Å². The summed E-state index contributed by atoms with van der Waals surface area (Å²) in [5, 5.41) is 10.2. The fourth-order valence-corrected chi connectivity index (χ4v) is 6.41. The van der Waals surface area contributed by atoms with Gasteiger partial charge in [0.25, 0.3) is 4.07 Å². The van der Waals surface area contributed by atoms with E-state index < -0.39 is 25.1 Å². The fourth-order valence-electron chi connectivity index (χ4n) is 1.42. The van der Waals surface area contributed by atoms with Crippen molar-refractivity contribution in [1.82, 2.24) is 0 Å². The Hall–Kier alpha value is 0.840. The third kappa shape index (κ3) is 5.17. The maximum atomic E-state index is 12.6. The zero-order chi connectivity index (χ0) is 16.7. The van der Waals surface area contributed by atoms with Gasteiger partial charge in [-0.15, -0.1) is 0 Å². The van der Waals surface area contributed by atoms with Crippen LogP contribution in [0.3, 0.4) is 0 Å². The molecule has 0 amide bonds. The number of rotatable bonds is 11. The maximum absolute atomic E-state index is 12.6. The first kappa shape index (κ1) is 21.8. The van der Waals surface area contributed by atoms with E-state index in [0.29, 0.717) is 0 Å². The molecule has 0 aliphatic rings. The Balaban J connectivity index is 5.61. The molecule has 0 aliphatic carbocycles. The molecule has 0 aromatic carbocycles. The lowest BCUT2D eigenvalue weighted by Crippen LogP contribution is -2.34. The summed E-state index contributed by atoms with van der Waals surface area (Å²) in [6.45, 7) is 6.09. The molecule has 1 unspecified atom stereocenters. The minimum Gasteiger partial charge on any atom is -0.377 e. The van der Waals surface area contributed by atoms with E-state index in [1.54, 1.807) is 27.7 Å². The molecule has 0 aliphatic heterocycles. The van der Waals surface area contributed by atoms with Crippen molar-refractivity contribution in [2.75, 3.05) is 26.4 Å². The smallest absolute Gasteiger partial charge is 0.369 e. The summed E-state index contributed by atoms with van der Waals surface area (Å²) in [6.07, 6.45) is 0. The molecular formula is C10H22Cl2O7P2. The number of alkyl halides is 2. The van der Waals surface area contributed by atoms with Gasteiger partial charge in [-0.05, 0) is 27.7 Å². The van der Waals surface area contributed by atoms with Crippen LogP contribution < -0.4 is 0 Å². The van der Waals surface area contributed by atoms with Crippen molar-refractivity contribution in [3.05, 3.63) is 0 Å². The van der Waals surface area contributed by atoms with E-state index in [9.17, 15) is 14.2 Å². The Morgan fingerprint density at radius 2 is 1.24 bits per heavy atom. The highest BCUT2D eigenvalue weighted by molar-refractivity contribution is 7.63. The van der Waals surface area contributed by atoms with Gasteiger partial charge in [0.1, 0.15) is 0 Å². The Labute approximate surface area is 135 Å². The van der Waals surface area contributed by atoms with Crippen LogP contribution in [0, 0.1) is 0 Å². The van der Waals surface area contributed by atoms with Gasteiger partial charge in [-0.2, -0.15) is 0 Å². The maximum Gasteiger partial charge on any atom is 0.369 e. The van der Waals surface area contributed by atoms with Crippen molar-refractivity contribution < 1.29 is 32.3 Å². The van der Waals surface area contributed by atoms with E-state index in [1.165, 1.54) is 0 Å². The quantitative estimate of drug-likeness (QED) is 0.424. The average Bonchev–Trinajstić information content (AvgIpc) is 2.38. The topological polar surface area (TPSA) is 91.3 Å². The zero-order valence-corrected chi connectivity index (χ0v) is 15.8. The fraction of sp³-hybridized carbons (Fsp3) is 1.00. The van der Waals surface area contributed by atoms with E-state index in [0.717, 1.165) is 0 Å². The summed E-state index contributed by atoms with van der Waals surface area (Å²) in [6, 6.07) is 0. The Kier molecular flexibility index (Phi) is 9.58. The van der Waals surface area contributed by atoms with Crippen LogP contribution in [0.15, 0.2) is 0 Å². The predicted molar refractivity (Wildman–Crippen MR) is 82.2 cm³/mol. The minimum atomic E-state index is -4.17. The lowest BCUT2D eigenvalue weighted by molar-refractivity contribution is 0.137. The summed E-state index contributed by atoms with van der Waals surface area (Å²) in [5.74, 6) is -2.10. The molecule has 0 heterocycles. The lowest BCUT2D eigenvalue weighted by Gasteiger charge is -2.34. The highest BCUT2D eigenvalue weighted by Gasteiger charge is 2.61. The van der Waals surface area contributed by atoms with E-state index >= 15 is 0 Å². The molecule has 128 valence electrons. The molecule has 0 saturated heterocycles. The lowest BCUT2D eigenvalue weighted by atomic mass is 10.8. The Morgan fingerprint density at radius 3 is 1.52 bits per heavy atom. The van der Waals surface area contributed by atoms with Gasteiger partial charge in [0.2, 0.25) is 5.85 Å². The monoisotopic (exact) mass is 386 g/mol. The molecule has 0 fully saturated rings. The molecule has 0 bridgehead atoms. The van der Waals surface area contributed by atoms with Gasteiger partial charge in [-0.1, -0.05) is 23.2 Å². The second kappa shape index (κ2) is 9.21. The molecule has 0 rings (SSSR count). The second-order valence-electron chi connectivity index (χ2n) is 3.67. The van der Waals surface area contributed by atoms with Crippen LogP contribution in [0.1, 0.15) is 27.7 Å². The minimum absolute atomic E-state index is 0.0221. The zero-order valence-electron chi connectivity index (χ0n) is 12.5. The second-order valence-corrected chi connectivity index (χ2v) is 9.88. The summed E-state index contributed by atoms with van der Waals surface area (Å²) < 4.78 is 42.5. The van der Waals surface area contributed by atoms with Crippen LogP contribution in [0.5, 0.6) is 0 Å². The average molecular weight is 387 g/mol. The van der Waals surface area contributed by atoms with Crippen molar-refractivity contribution in [2.45, 2.75) is 37.6 Å². The third-order valence-electron chi connectivity index (χ3n) is 2.19. The normalized spacial score (nSPS) is 15.2. The van der Waals surface area contributed by atoms with Crippen molar-refractivity contribution in [2.24, 2.45) is 0 Å². The van der Waals surface area contributed by atoms with Crippen LogP contribution in [0.4, 0.5) is 0 Å². The van der Waals surface area contributed by atoms with Gasteiger partial charge in [0, 0.05) is 0 Å². The van der Waals surface area contributed by atoms with Crippen LogP contribution in [-0.2, 0) is 27.2 Å². The van der Waals surface area contributed by atoms with Gasteiger partial charge in [-0.3, -0.25) is 9.13 Å². The van der Waals surface area contributed by atoms with Crippen molar-refractivity contribution >= 4 is 38.4 Å². The standard InChI is InChI=1S/C10H22Cl2O7P2/c1-5-16-20(14,17-6-2)9(13)10(11,12)21(15,18-7-3)19-8-4/h9,13H,5-8H2,1-4H3. The van der Waals surface area contributed by atoms with Gasteiger partial charge < -0.3 is 23.2 Å². The van der Waals surface area contributed by atoms with Gasteiger partial charge in [-0.25, -0.2) is 0 Å². The van der Waals surface area contributed by atoms with E-state index in [1.807, 2.05) is 0 Å². The molecule has 0 saturated carbocycles. The van der Waals surface area contributed by atoms with Gasteiger partial charge >= 0.3 is 15.2 Å². The van der Waals surface area contributed by atoms with Crippen LogP contribution in [0.25, 0.3) is 0 Å². The molecule has 1 atom stereocenters. The largest absolute Gasteiger partial charge is 0.377 e. The van der Waals surface area contributed by atoms with E-state index in [-0.39, 0.29) is 26.4 Å².